The first-order valence-electron chi connectivity index (χ1n) is 6.01. The maximum atomic E-state index is 11.7. The number of nitrogens with two attached hydrogens (primary N) is 1. The maximum absolute atomic E-state index is 11.7. The van der Waals surface area contributed by atoms with Crippen molar-refractivity contribution in [2.45, 2.75) is 20.3 Å². The fourth-order valence-corrected chi connectivity index (χ4v) is 1.65. The highest BCUT2D eigenvalue weighted by molar-refractivity contribution is 6.33. The van der Waals surface area contributed by atoms with Crippen LogP contribution >= 0.6 is 11.6 Å². The maximum Gasteiger partial charge on any atom is 0.238 e. The van der Waals surface area contributed by atoms with Crippen LogP contribution in [0.1, 0.15) is 20.3 Å². The summed E-state index contributed by atoms with van der Waals surface area (Å²) in [4.78, 5) is 22.9. The van der Waals surface area contributed by atoms with Crippen LogP contribution in [0.3, 0.4) is 0 Å². The van der Waals surface area contributed by atoms with E-state index >= 15 is 0 Å². The predicted molar refractivity (Wildman–Crippen MR) is 77.2 cm³/mol. The minimum absolute atomic E-state index is 0.0995. The van der Waals surface area contributed by atoms with Gasteiger partial charge < -0.3 is 16.4 Å². The molecule has 0 radical (unpaired) electrons. The minimum atomic E-state index is -0.304. The Morgan fingerprint density at radius 1 is 1.26 bits per heavy atom. The van der Waals surface area contributed by atoms with Crippen LogP contribution in [0.25, 0.3) is 0 Å². The molecule has 1 aromatic rings. The molecule has 0 saturated carbocycles. The van der Waals surface area contributed by atoms with Gasteiger partial charge in [-0.1, -0.05) is 25.4 Å². The summed E-state index contributed by atoms with van der Waals surface area (Å²) in [7, 11) is 0. The van der Waals surface area contributed by atoms with E-state index in [9.17, 15) is 9.59 Å². The zero-order chi connectivity index (χ0) is 14.4. The zero-order valence-corrected chi connectivity index (χ0v) is 11.8. The van der Waals surface area contributed by atoms with Crippen molar-refractivity contribution in [2.24, 2.45) is 11.7 Å². The van der Waals surface area contributed by atoms with Gasteiger partial charge in [-0.3, -0.25) is 9.59 Å². The van der Waals surface area contributed by atoms with Gasteiger partial charge in [-0.2, -0.15) is 0 Å². The number of hydrogen-bond donors (Lipinski definition) is 3. The van der Waals surface area contributed by atoms with E-state index in [1.165, 1.54) is 0 Å². The highest BCUT2D eigenvalue weighted by Crippen LogP contribution is 2.25. The summed E-state index contributed by atoms with van der Waals surface area (Å²) < 4.78 is 0. The van der Waals surface area contributed by atoms with E-state index in [4.69, 9.17) is 17.3 Å². The van der Waals surface area contributed by atoms with Gasteiger partial charge in [-0.25, -0.2) is 0 Å². The van der Waals surface area contributed by atoms with Gasteiger partial charge in [-0.05, 0) is 24.1 Å². The Bertz CT molecular complexity index is 475. The van der Waals surface area contributed by atoms with Gasteiger partial charge in [0.2, 0.25) is 11.8 Å². The highest BCUT2D eigenvalue weighted by Gasteiger charge is 2.09. The first-order chi connectivity index (χ1) is 8.92. The van der Waals surface area contributed by atoms with Gasteiger partial charge in [0.05, 0.1) is 17.3 Å². The summed E-state index contributed by atoms with van der Waals surface area (Å²) in [5.74, 6) is -0.153. The molecule has 0 bridgehead atoms. The summed E-state index contributed by atoms with van der Waals surface area (Å²) in [6.45, 7) is 3.82. The van der Waals surface area contributed by atoms with E-state index in [1.54, 1.807) is 18.2 Å². The first kappa shape index (κ1) is 15.5. The lowest BCUT2D eigenvalue weighted by Crippen LogP contribution is -2.22. The SMILES string of the molecule is CC(C)CC(=O)Nc1cc(NC(=O)CN)ccc1Cl. The standard InChI is InChI=1S/C13H18ClN3O2/c1-8(2)5-12(18)17-11-6-9(3-4-10(11)14)16-13(19)7-15/h3-4,6,8H,5,7,15H2,1-2H3,(H,16,19)(H,17,18). The molecule has 1 rings (SSSR count). The molecule has 104 valence electrons. The third kappa shape index (κ3) is 5.28. The second-order valence-corrected chi connectivity index (χ2v) is 5.00. The van der Waals surface area contributed by atoms with Crippen LogP contribution in [-0.2, 0) is 9.59 Å². The van der Waals surface area contributed by atoms with Crippen molar-refractivity contribution in [3.05, 3.63) is 23.2 Å². The lowest BCUT2D eigenvalue weighted by molar-refractivity contribution is -0.117. The zero-order valence-electron chi connectivity index (χ0n) is 11.0. The summed E-state index contributed by atoms with van der Waals surface area (Å²) in [5.41, 5.74) is 6.23. The Hall–Kier alpha value is -1.59. The van der Waals surface area contributed by atoms with Gasteiger partial charge in [-0.15, -0.1) is 0 Å². The Kier molecular flexibility index (Phi) is 5.79. The first-order valence-corrected chi connectivity index (χ1v) is 6.39. The van der Waals surface area contributed by atoms with Crippen molar-refractivity contribution >= 4 is 34.8 Å². The Morgan fingerprint density at radius 3 is 2.53 bits per heavy atom. The number of benzene rings is 1. The molecule has 0 aliphatic heterocycles. The lowest BCUT2D eigenvalue weighted by Gasteiger charge is -2.11. The summed E-state index contributed by atoms with van der Waals surface area (Å²) in [6, 6.07) is 4.86. The number of carbonyl (C=O) groups excluding carboxylic acids is 2. The van der Waals surface area contributed by atoms with Crippen molar-refractivity contribution in [2.75, 3.05) is 17.2 Å². The molecule has 0 aromatic heterocycles. The fraction of sp³-hybridized carbons (Fsp3) is 0.385. The van der Waals surface area contributed by atoms with Crippen LogP contribution in [0, 0.1) is 5.92 Å². The van der Waals surface area contributed by atoms with Crippen molar-refractivity contribution < 1.29 is 9.59 Å². The minimum Gasteiger partial charge on any atom is -0.325 e. The number of anilines is 2. The highest BCUT2D eigenvalue weighted by atomic mass is 35.5. The van der Waals surface area contributed by atoms with Crippen LogP contribution < -0.4 is 16.4 Å². The summed E-state index contributed by atoms with van der Waals surface area (Å²) in [5, 5.41) is 5.74. The van der Waals surface area contributed by atoms with E-state index in [2.05, 4.69) is 10.6 Å². The normalized spacial score (nSPS) is 10.4. The second-order valence-electron chi connectivity index (χ2n) is 4.59. The number of rotatable bonds is 5. The molecule has 0 heterocycles. The third-order valence-corrected chi connectivity index (χ3v) is 2.63. The number of nitrogens with one attached hydrogen (secondary N) is 2. The van der Waals surface area contributed by atoms with Crippen LogP contribution in [-0.4, -0.2) is 18.4 Å². The molecular formula is C13H18ClN3O2. The fourth-order valence-electron chi connectivity index (χ4n) is 1.48. The number of amides is 2. The molecule has 4 N–H and O–H groups in total. The molecule has 0 aliphatic rings. The average Bonchev–Trinajstić information content (AvgIpc) is 2.32. The second kappa shape index (κ2) is 7.11. The summed E-state index contributed by atoms with van der Waals surface area (Å²) >= 11 is 6.00. The molecule has 2 amide bonds. The smallest absolute Gasteiger partial charge is 0.238 e. The van der Waals surface area contributed by atoms with Gasteiger partial charge in [0.15, 0.2) is 0 Å². The molecule has 0 unspecified atom stereocenters. The van der Waals surface area contributed by atoms with Gasteiger partial charge in [0.25, 0.3) is 0 Å². The molecule has 19 heavy (non-hydrogen) atoms. The van der Waals surface area contributed by atoms with Crippen molar-refractivity contribution in [3.8, 4) is 0 Å². The van der Waals surface area contributed by atoms with E-state index in [0.29, 0.717) is 22.8 Å². The van der Waals surface area contributed by atoms with E-state index < -0.39 is 0 Å². The largest absolute Gasteiger partial charge is 0.325 e. The van der Waals surface area contributed by atoms with Gasteiger partial charge in [0, 0.05) is 12.1 Å². The van der Waals surface area contributed by atoms with E-state index in [1.807, 2.05) is 13.8 Å². The lowest BCUT2D eigenvalue weighted by atomic mass is 10.1. The van der Waals surface area contributed by atoms with Gasteiger partial charge >= 0.3 is 0 Å². The summed E-state index contributed by atoms with van der Waals surface area (Å²) in [6.07, 6.45) is 0.412. The molecule has 6 heteroatoms. The monoisotopic (exact) mass is 283 g/mol. The molecule has 0 spiro atoms. The van der Waals surface area contributed by atoms with Crippen LogP contribution in [0.15, 0.2) is 18.2 Å². The number of carbonyl (C=O) groups is 2. The Labute approximate surface area is 117 Å². The molecule has 5 nitrogen and oxygen atoms in total. The molecular weight excluding hydrogens is 266 g/mol. The molecule has 0 fully saturated rings. The quantitative estimate of drug-likeness (QED) is 0.775. The van der Waals surface area contributed by atoms with Crippen LogP contribution in [0.4, 0.5) is 11.4 Å². The molecule has 0 aliphatic carbocycles. The molecule has 0 atom stereocenters. The number of halogens is 1. The van der Waals surface area contributed by atoms with Gasteiger partial charge in [0.1, 0.15) is 0 Å². The Morgan fingerprint density at radius 2 is 1.95 bits per heavy atom. The Balaban J connectivity index is 2.79. The van der Waals surface area contributed by atoms with Crippen molar-refractivity contribution in [3.63, 3.8) is 0 Å². The van der Waals surface area contributed by atoms with Crippen LogP contribution in [0.2, 0.25) is 5.02 Å². The van der Waals surface area contributed by atoms with Crippen molar-refractivity contribution in [1.29, 1.82) is 0 Å². The predicted octanol–water partition coefficient (Wildman–Crippen LogP) is 2.22. The van der Waals surface area contributed by atoms with E-state index in [0.717, 1.165) is 0 Å². The topological polar surface area (TPSA) is 84.2 Å². The molecule has 0 saturated heterocycles. The number of hydrogen-bond acceptors (Lipinski definition) is 3. The molecule has 1 aromatic carbocycles. The van der Waals surface area contributed by atoms with Crippen molar-refractivity contribution in [1.82, 2.24) is 0 Å². The average molecular weight is 284 g/mol. The third-order valence-electron chi connectivity index (χ3n) is 2.30. The van der Waals surface area contributed by atoms with Crippen LogP contribution in [0.5, 0.6) is 0 Å². The van der Waals surface area contributed by atoms with E-state index in [-0.39, 0.29) is 24.3 Å².